The number of likely N-dealkylation sites (tertiary alicyclic amines) is 1. The molecule has 3 aliphatic rings. The number of nitrogens with zero attached hydrogens (tertiary/aromatic N) is 1. The van der Waals surface area contributed by atoms with E-state index in [1.807, 2.05) is 17.0 Å². The van der Waals surface area contributed by atoms with Gasteiger partial charge < -0.3 is 14.4 Å². The van der Waals surface area contributed by atoms with Gasteiger partial charge in [0.1, 0.15) is 0 Å². The van der Waals surface area contributed by atoms with Crippen molar-refractivity contribution in [2.45, 2.75) is 19.8 Å². The first-order valence-corrected chi connectivity index (χ1v) is 7.55. The maximum Gasteiger partial charge on any atom is 0.254 e. The van der Waals surface area contributed by atoms with Gasteiger partial charge in [0.05, 0.1) is 0 Å². The molecule has 0 aromatic heterocycles. The van der Waals surface area contributed by atoms with Crippen LogP contribution in [-0.4, -0.2) is 30.7 Å². The summed E-state index contributed by atoms with van der Waals surface area (Å²) in [7, 11) is 0. The highest BCUT2D eigenvalue weighted by atomic mass is 16.7. The van der Waals surface area contributed by atoms with E-state index in [-0.39, 0.29) is 12.7 Å². The van der Waals surface area contributed by atoms with E-state index in [0.29, 0.717) is 23.1 Å². The van der Waals surface area contributed by atoms with Crippen molar-refractivity contribution in [3.8, 4) is 11.5 Å². The lowest BCUT2D eigenvalue weighted by Gasteiger charge is -2.21. The summed E-state index contributed by atoms with van der Waals surface area (Å²) < 4.78 is 10.7. The molecule has 0 unspecified atom stereocenters. The fourth-order valence-electron chi connectivity index (χ4n) is 3.66. The molecule has 4 nitrogen and oxygen atoms in total. The smallest absolute Gasteiger partial charge is 0.254 e. The lowest BCUT2D eigenvalue weighted by molar-refractivity contribution is 0.0783. The number of carbonyl (C=O) groups is 1. The quantitative estimate of drug-likeness (QED) is 0.745. The van der Waals surface area contributed by atoms with Crippen LogP contribution in [0.3, 0.4) is 0 Å². The predicted octanol–water partition coefficient (Wildman–Crippen LogP) is 2.84. The molecule has 0 bridgehead atoms. The van der Waals surface area contributed by atoms with Gasteiger partial charge in [-0.2, -0.15) is 0 Å². The first-order valence-electron chi connectivity index (χ1n) is 7.55. The largest absolute Gasteiger partial charge is 0.454 e. The number of carbonyl (C=O) groups excluding carboxylic acids is 1. The highest BCUT2D eigenvalue weighted by Crippen LogP contribution is 2.37. The van der Waals surface area contributed by atoms with E-state index < -0.39 is 0 Å². The lowest BCUT2D eigenvalue weighted by atomic mass is 9.83. The molecule has 110 valence electrons. The SMILES string of the molecule is CC1=CC[C@H]2CN(C(=O)c3ccc4c(c3)OCO4)C[C@H]2C1. The molecule has 0 spiro atoms. The Morgan fingerprint density at radius 1 is 1.19 bits per heavy atom. The molecule has 1 aromatic carbocycles. The van der Waals surface area contributed by atoms with Crippen molar-refractivity contribution in [1.82, 2.24) is 4.90 Å². The Labute approximate surface area is 124 Å². The van der Waals surface area contributed by atoms with Crippen LogP contribution in [0.5, 0.6) is 11.5 Å². The van der Waals surface area contributed by atoms with Gasteiger partial charge in [-0.3, -0.25) is 4.79 Å². The molecule has 2 atom stereocenters. The molecule has 2 aliphatic heterocycles. The Hall–Kier alpha value is -1.97. The third-order valence-corrected chi connectivity index (χ3v) is 4.84. The number of benzene rings is 1. The summed E-state index contributed by atoms with van der Waals surface area (Å²) in [6.45, 7) is 4.19. The van der Waals surface area contributed by atoms with Crippen LogP contribution < -0.4 is 9.47 Å². The van der Waals surface area contributed by atoms with Gasteiger partial charge in [-0.05, 0) is 49.8 Å². The summed E-state index contributed by atoms with van der Waals surface area (Å²) >= 11 is 0. The Balaban J connectivity index is 1.51. The molecule has 1 fully saturated rings. The number of rotatable bonds is 1. The second kappa shape index (κ2) is 4.79. The Morgan fingerprint density at radius 2 is 2.00 bits per heavy atom. The van der Waals surface area contributed by atoms with Crippen molar-refractivity contribution >= 4 is 5.91 Å². The van der Waals surface area contributed by atoms with Crippen molar-refractivity contribution in [2.24, 2.45) is 11.8 Å². The van der Waals surface area contributed by atoms with Crippen LogP contribution in [0.1, 0.15) is 30.1 Å². The molecule has 21 heavy (non-hydrogen) atoms. The van der Waals surface area contributed by atoms with Crippen LogP contribution >= 0.6 is 0 Å². The number of hydrogen-bond acceptors (Lipinski definition) is 3. The maximum absolute atomic E-state index is 12.7. The molecule has 0 radical (unpaired) electrons. The Bertz CT molecular complexity index is 622. The van der Waals surface area contributed by atoms with E-state index >= 15 is 0 Å². The molecule has 1 aromatic rings. The average Bonchev–Trinajstić information content (AvgIpc) is 3.11. The Morgan fingerprint density at radius 3 is 2.90 bits per heavy atom. The van der Waals surface area contributed by atoms with Gasteiger partial charge in [-0.25, -0.2) is 0 Å². The van der Waals surface area contributed by atoms with E-state index in [2.05, 4.69) is 13.0 Å². The minimum absolute atomic E-state index is 0.111. The van der Waals surface area contributed by atoms with E-state index in [0.717, 1.165) is 31.7 Å². The summed E-state index contributed by atoms with van der Waals surface area (Å²) in [5, 5.41) is 0. The standard InChI is InChI=1S/C17H19NO3/c1-11-2-3-13-8-18(9-14(13)6-11)17(19)12-4-5-15-16(7-12)21-10-20-15/h2,4-5,7,13-14H,3,6,8-10H2,1H3/t13-,14+/m0/s1. The zero-order valence-corrected chi connectivity index (χ0v) is 12.2. The van der Waals surface area contributed by atoms with E-state index in [1.54, 1.807) is 6.07 Å². The minimum atomic E-state index is 0.111. The topological polar surface area (TPSA) is 38.8 Å². The van der Waals surface area contributed by atoms with Crippen LogP contribution in [0.25, 0.3) is 0 Å². The van der Waals surface area contributed by atoms with Crippen molar-refractivity contribution < 1.29 is 14.3 Å². The lowest BCUT2D eigenvalue weighted by Crippen LogP contribution is -2.28. The van der Waals surface area contributed by atoms with Crippen molar-refractivity contribution in [3.05, 3.63) is 35.4 Å². The first kappa shape index (κ1) is 12.7. The number of allylic oxidation sites excluding steroid dienone is 2. The van der Waals surface area contributed by atoms with Gasteiger partial charge in [0.15, 0.2) is 11.5 Å². The maximum atomic E-state index is 12.7. The highest BCUT2D eigenvalue weighted by Gasteiger charge is 2.36. The monoisotopic (exact) mass is 285 g/mol. The van der Waals surface area contributed by atoms with Crippen LogP contribution in [0.2, 0.25) is 0 Å². The third-order valence-electron chi connectivity index (χ3n) is 4.84. The predicted molar refractivity (Wildman–Crippen MR) is 78.4 cm³/mol. The second-order valence-corrected chi connectivity index (χ2v) is 6.29. The second-order valence-electron chi connectivity index (χ2n) is 6.29. The summed E-state index contributed by atoms with van der Waals surface area (Å²) in [5.74, 6) is 2.77. The van der Waals surface area contributed by atoms with Gasteiger partial charge in [-0.1, -0.05) is 11.6 Å². The number of fused-ring (bicyclic) bond motifs is 2. The van der Waals surface area contributed by atoms with E-state index in [9.17, 15) is 4.79 Å². The van der Waals surface area contributed by atoms with Crippen LogP contribution in [0.15, 0.2) is 29.8 Å². The Kier molecular flexibility index (Phi) is 2.91. The van der Waals surface area contributed by atoms with Crippen LogP contribution in [0.4, 0.5) is 0 Å². The number of ether oxygens (including phenoxy) is 2. The molecular formula is C17H19NO3. The zero-order chi connectivity index (χ0) is 14.4. The molecule has 1 amide bonds. The summed E-state index contributed by atoms with van der Waals surface area (Å²) in [6, 6.07) is 5.46. The van der Waals surface area contributed by atoms with E-state index in [4.69, 9.17) is 9.47 Å². The van der Waals surface area contributed by atoms with E-state index in [1.165, 1.54) is 5.57 Å². The van der Waals surface area contributed by atoms with Crippen molar-refractivity contribution in [2.75, 3.05) is 19.9 Å². The minimum Gasteiger partial charge on any atom is -0.454 e. The fourth-order valence-corrected chi connectivity index (χ4v) is 3.66. The van der Waals surface area contributed by atoms with Gasteiger partial charge in [-0.15, -0.1) is 0 Å². The summed E-state index contributed by atoms with van der Waals surface area (Å²) in [4.78, 5) is 14.7. The molecule has 4 heteroatoms. The molecule has 4 rings (SSSR count). The molecular weight excluding hydrogens is 266 g/mol. The molecule has 0 saturated carbocycles. The van der Waals surface area contributed by atoms with Gasteiger partial charge in [0.25, 0.3) is 5.91 Å². The third kappa shape index (κ3) is 2.19. The summed E-state index contributed by atoms with van der Waals surface area (Å²) in [5.41, 5.74) is 2.16. The average molecular weight is 285 g/mol. The van der Waals surface area contributed by atoms with Gasteiger partial charge in [0, 0.05) is 18.7 Å². The highest BCUT2D eigenvalue weighted by molar-refractivity contribution is 5.95. The molecule has 2 heterocycles. The molecule has 1 aliphatic carbocycles. The number of hydrogen-bond donors (Lipinski definition) is 0. The first-order chi connectivity index (χ1) is 10.2. The molecule has 1 saturated heterocycles. The summed E-state index contributed by atoms with van der Waals surface area (Å²) in [6.07, 6.45) is 4.58. The normalized spacial score (nSPS) is 26.5. The number of amides is 1. The van der Waals surface area contributed by atoms with Gasteiger partial charge in [0.2, 0.25) is 6.79 Å². The van der Waals surface area contributed by atoms with Crippen molar-refractivity contribution in [1.29, 1.82) is 0 Å². The van der Waals surface area contributed by atoms with Crippen LogP contribution in [0, 0.1) is 11.8 Å². The van der Waals surface area contributed by atoms with Gasteiger partial charge >= 0.3 is 0 Å². The zero-order valence-electron chi connectivity index (χ0n) is 12.2. The van der Waals surface area contributed by atoms with Crippen LogP contribution in [-0.2, 0) is 0 Å². The van der Waals surface area contributed by atoms with Crippen molar-refractivity contribution in [3.63, 3.8) is 0 Å². The molecule has 0 N–H and O–H groups in total. The fraction of sp³-hybridized carbons (Fsp3) is 0.471.